The molecule has 1 aromatic carbocycles. The zero-order valence-corrected chi connectivity index (χ0v) is 10.3. The van der Waals surface area contributed by atoms with E-state index in [1.54, 1.807) is 0 Å². The fourth-order valence-electron chi connectivity index (χ4n) is 2.28. The molecule has 1 fully saturated rings. The maximum absolute atomic E-state index is 12.4. The van der Waals surface area contributed by atoms with Gasteiger partial charge in [0.25, 0.3) is 0 Å². The van der Waals surface area contributed by atoms with Crippen molar-refractivity contribution in [1.29, 1.82) is 0 Å². The molecule has 0 radical (unpaired) electrons. The lowest BCUT2D eigenvalue weighted by Crippen LogP contribution is -2.39. The molecule has 2 nitrogen and oxygen atoms in total. The molecule has 0 spiro atoms. The summed E-state index contributed by atoms with van der Waals surface area (Å²) < 4.78 is 37.2. The predicted octanol–water partition coefficient (Wildman–Crippen LogP) is 3.21. The lowest BCUT2D eigenvalue weighted by molar-refractivity contribution is -0.137. The number of hydrogen-bond donors (Lipinski definition) is 1. The number of alkyl halides is 3. The highest BCUT2D eigenvalue weighted by atomic mass is 19.4. The van der Waals surface area contributed by atoms with Crippen LogP contribution in [0.5, 0.6) is 0 Å². The van der Waals surface area contributed by atoms with Crippen LogP contribution in [0.1, 0.15) is 18.4 Å². The van der Waals surface area contributed by atoms with Crippen LogP contribution in [0.4, 0.5) is 18.9 Å². The maximum Gasteiger partial charge on any atom is 0.416 e. The Kier molecular flexibility index (Phi) is 3.80. The lowest BCUT2D eigenvalue weighted by Gasteiger charge is -2.30. The van der Waals surface area contributed by atoms with Crippen molar-refractivity contribution in [3.63, 3.8) is 0 Å². The van der Waals surface area contributed by atoms with Gasteiger partial charge in [0, 0.05) is 18.3 Å². The first-order valence-electron chi connectivity index (χ1n) is 6.07. The molecule has 18 heavy (non-hydrogen) atoms. The van der Waals surface area contributed by atoms with Crippen molar-refractivity contribution in [3.05, 3.63) is 29.8 Å². The molecule has 5 heteroatoms. The van der Waals surface area contributed by atoms with Gasteiger partial charge < -0.3 is 10.2 Å². The summed E-state index contributed by atoms with van der Waals surface area (Å²) in [4.78, 5) is 2.23. The van der Waals surface area contributed by atoms with E-state index in [1.807, 2.05) is 0 Å². The number of likely N-dealkylation sites (N-methyl/N-ethyl adjacent to an activating group) is 1. The molecule has 1 aliphatic rings. The van der Waals surface area contributed by atoms with Crippen molar-refractivity contribution in [3.8, 4) is 0 Å². The Labute approximate surface area is 105 Å². The molecule has 1 unspecified atom stereocenters. The SMILES string of the molecule is CN1CCCC(Nc2ccc(C(F)(F)F)cc2)C1. The molecular weight excluding hydrogens is 241 g/mol. The van der Waals surface area contributed by atoms with Crippen LogP contribution in [-0.2, 0) is 6.18 Å². The number of likely N-dealkylation sites (tertiary alicyclic amines) is 1. The molecule has 0 bridgehead atoms. The summed E-state index contributed by atoms with van der Waals surface area (Å²) >= 11 is 0. The summed E-state index contributed by atoms with van der Waals surface area (Å²) in [5, 5.41) is 3.28. The van der Waals surface area contributed by atoms with Gasteiger partial charge in [0.1, 0.15) is 0 Å². The van der Waals surface area contributed by atoms with Gasteiger partial charge >= 0.3 is 6.18 Å². The molecule has 0 aromatic heterocycles. The molecule has 1 saturated heterocycles. The van der Waals surface area contributed by atoms with Crippen molar-refractivity contribution in [1.82, 2.24) is 4.90 Å². The van der Waals surface area contributed by atoms with Gasteiger partial charge in [0.15, 0.2) is 0 Å². The Balaban J connectivity index is 1.98. The first kappa shape index (κ1) is 13.2. The fraction of sp³-hybridized carbons (Fsp3) is 0.538. The highest BCUT2D eigenvalue weighted by molar-refractivity contribution is 5.46. The highest BCUT2D eigenvalue weighted by Crippen LogP contribution is 2.30. The second-order valence-corrected chi connectivity index (χ2v) is 4.82. The molecule has 1 heterocycles. The average Bonchev–Trinajstić information content (AvgIpc) is 2.28. The van der Waals surface area contributed by atoms with Crippen LogP contribution in [0.3, 0.4) is 0 Å². The van der Waals surface area contributed by atoms with Crippen molar-refractivity contribution in [2.75, 3.05) is 25.5 Å². The predicted molar refractivity (Wildman–Crippen MR) is 65.6 cm³/mol. The fourth-order valence-corrected chi connectivity index (χ4v) is 2.28. The Morgan fingerprint density at radius 1 is 1.22 bits per heavy atom. The third-order valence-electron chi connectivity index (χ3n) is 3.21. The zero-order valence-electron chi connectivity index (χ0n) is 10.3. The highest BCUT2D eigenvalue weighted by Gasteiger charge is 2.30. The molecule has 0 amide bonds. The van der Waals surface area contributed by atoms with Crippen LogP contribution in [0.25, 0.3) is 0 Å². The molecule has 0 saturated carbocycles. The van der Waals surface area contributed by atoms with Gasteiger partial charge in [-0.05, 0) is 50.7 Å². The van der Waals surface area contributed by atoms with E-state index in [2.05, 4.69) is 17.3 Å². The van der Waals surface area contributed by atoms with Gasteiger partial charge in [-0.2, -0.15) is 13.2 Å². The number of halogens is 3. The van der Waals surface area contributed by atoms with Crippen molar-refractivity contribution >= 4 is 5.69 Å². The van der Waals surface area contributed by atoms with E-state index in [0.717, 1.165) is 43.8 Å². The molecule has 1 atom stereocenters. The number of piperidine rings is 1. The molecule has 2 rings (SSSR count). The van der Waals surface area contributed by atoms with Crippen molar-refractivity contribution in [2.45, 2.75) is 25.1 Å². The minimum absolute atomic E-state index is 0.320. The second kappa shape index (κ2) is 5.18. The molecule has 1 aliphatic heterocycles. The molecule has 100 valence electrons. The largest absolute Gasteiger partial charge is 0.416 e. The summed E-state index contributed by atoms with van der Waals surface area (Å²) in [5.41, 5.74) is 0.150. The van der Waals surface area contributed by atoms with Gasteiger partial charge in [0.2, 0.25) is 0 Å². The average molecular weight is 258 g/mol. The topological polar surface area (TPSA) is 15.3 Å². The van der Waals surface area contributed by atoms with Crippen LogP contribution >= 0.6 is 0 Å². The summed E-state index contributed by atoms with van der Waals surface area (Å²) in [6.45, 7) is 2.02. The summed E-state index contributed by atoms with van der Waals surface area (Å²) in [6.07, 6.45) is -2.08. The quantitative estimate of drug-likeness (QED) is 0.876. The smallest absolute Gasteiger partial charge is 0.381 e. The van der Waals surface area contributed by atoms with E-state index in [-0.39, 0.29) is 0 Å². The third-order valence-corrected chi connectivity index (χ3v) is 3.21. The summed E-state index contributed by atoms with van der Waals surface area (Å²) in [5.74, 6) is 0. The zero-order chi connectivity index (χ0) is 13.2. The van der Waals surface area contributed by atoms with Gasteiger partial charge in [-0.25, -0.2) is 0 Å². The van der Waals surface area contributed by atoms with Crippen molar-refractivity contribution < 1.29 is 13.2 Å². The first-order chi connectivity index (χ1) is 8.45. The van der Waals surface area contributed by atoms with E-state index in [9.17, 15) is 13.2 Å². The van der Waals surface area contributed by atoms with E-state index >= 15 is 0 Å². The molecule has 1 aromatic rings. The number of hydrogen-bond acceptors (Lipinski definition) is 2. The standard InChI is InChI=1S/C13H17F3N2/c1-18-8-2-3-12(9-18)17-11-6-4-10(5-7-11)13(14,15)16/h4-7,12,17H,2-3,8-9H2,1H3. The van der Waals surface area contributed by atoms with E-state index in [1.165, 1.54) is 12.1 Å². The van der Waals surface area contributed by atoms with Crippen LogP contribution in [0.15, 0.2) is 24.3 Å². The van der Waals surface area contributed by atoms with Gasteiger partial charge in [-0.15, -0.1) is 0 Å². The van der Waals surface area contributed by atoms with Gasteiger partial charge in [-0.3, -0.25) is 0 Å². The monoisotopic (exact) mass is 258 g/mol. The molecule has 0 aliphatic carbocycles. The van der Waals surface area contributed by atoms with Crippen molar-refractivity contribution in [2.24, 2.45) is 0 Å². The minimum atomic E-state index is -4.26. The van der Waals surface area contributed by atoms with Gasteiger partial charge in [-0.1, -0.05) is 0 Å². The second-order valence-electron chi connectivity index (χ2n) is 4.82. The Hall–Kier alpha value is -1.23. The van der Waals surface area contributed by atoms with Crippen LogP contribution < -0.4 is 5.32 Å². The number of benzene rings is 1. The number of rotatable bonds is 2. The van der Waals surface area contributed by atoms with Crippen LogP contribution in [-0.4, -0.2) is 31.1 Å². The Morgan fingerprint density at radius 3 is 2.44 bits per heavy atom. The van der Waals surface area contributed by atoms with Crippen LogP contribution in [0.2, 0.25) is 0 Å². The van der Waals surface area contributed by atoms with Crippen LogP contribution in [0, 0.1) is 0 Å². The van der Waals surface area contributed by atoms with E-state index in [4.69, 9.17) is 0 Å². The Morgan fingerprint density at radius 2 is 1.89 bits per heavy atom. The molecule has 1 N–H and O–H groups in total. The lowest BCUT2D eigenvalue weighted by atomic mass is 10.1. The summed E-state index contributed by atoms with van der Waals surface area (Å²) in [6, 6.07) is 5.55. The number of nitrogens with one attached hydrogen (secondary N) is 1. The molecular formula is C13H17F3N2. The number of nitrogens with zero attached hydrogens (tertiary/aromatic N) is 1. The third kappa shape index (κ3) is 3.38. The normalized spacial score (nSPS) is 21.9. The number of anilines is 1. The first-order valence-corrected chi connectivity index (χ1v) is 6.07. The summed E-state index contributed by atoms with van der Waals surface area (Å²) in [7, 11) is 2.06. The van der Waals surface area contributed by atoms with E-state index < -0.39 is 11.7 Å². The van der Waals surface area contributed by atoms with Gasteiger partial charge in [0.05, 0.1) is 5.56 Å². The van der Waals surface area contributed by atoms with E-state index in [0.29, 0.717) is 6.04 Å². The Bertz CT molecular complexity index is 386. The minimum Gasteiger partial charge on any atom is -0.381 e. The maximum atomic E-state index is 12.4.